The van der Waals surface area contributed by atoms with Gasteiger partial charge in [-0.3, -0.25) is 9.69 Å². The quantitative estimate of drug-likeness (QED) is 0.902. The molecule has 1 N–H and O–H groups in total. The summed E-state index contributed by atoms with van der Waals surface area (Å²) in [6.45, 7) is 3.18. The van der Waals surface area contributed by atoms with Crippen molar-refractivity contribution in [3.05, 3.63) is 34.1 Å². The van der Waals surface area contributed by atoms with Crippen LogP contribution in [0.25, 0.3) is 0 Å². The number of carbonyl (C=O) groups excluding carboxylic acids is 1. The topological polar surface area (TPSA) is 41.6 Å². The molecule has 0 spiro atoms. The number of morpholine rings is 1. The predicted molar refractivity (Wildman–Crippen MR) is 80.8 cm³/mol. The summed E-state index contributed by atoms with van der Waals surface area (Å²) in [7, 11) is 0. The predicted octanol–water partition coefficient (Wildman–Crippen LogP) is 2.18. The number of nitrogens with zero attached hydrogens (tertiary/aromatic N) is 1. The van der Waals surface area contributed by atoms with Crippen LogP contribution in [-0.2, 0) is 4.74 Å². The molecule has 2 atom stereocenters. The van der Waals surface area contributed by atoms with Crippen LogP contribution in [0.3, 0.4) is 0 Å². The minimum absolute atomic E-state index is 0.0172. The number of rotatable bonds is 3. The molecule has 1 aromatic rings. The molecule has 2 unspecified atom stereocenters. The third-order valence-electron chi connectivity index (χ3n) is 4.13. The van der Waals surface area contributed by atoms with Crippen LogP contribution < -0.4 is 5.32 Å². The number of carbonyl (C=O) groups is 1. The molecule has 0 bridgehead atoms. The molecule has 114 valence electrons. The van der Waals surface area contributed by atoms with E-state index in [2.05, 4.69) is 26.1 Å². The number of halogens is 2. The monoisotopic (exact) mass is 356 g/mol. The van der Waals surface area contributed by atoms with Crippen LogP contribution in [0.5, 0.6) is 0 Å². The average Bonchev–Trinajstić information content (AvgIpc) is 2.95. The maximum Gasteiger partial charge on any atom is 0.251 e. The van der Waals surface area contributed by atoms with E-state index in [9.17, 15) is 9.18 Å². The maximum atomic E-state index is 13.4. The van der Waals surface area contributed by atoms with Crippen molar-refractivity contribution >= 4 is 21.8 Å². The second-order valence-electron chi connectivity index (χ2n) is 5.59. The molecule has 0 radical (unpaired) electrons. The third kappa shape index (κ3) is 3.44. The first-order valence-corrected chi connectivity index (χ1v) is 8.01. The second kappa shape index (κ2) is 6.42. The maximum absolute atomic E-state index is 13.4. The highest BCUT2D eigenvalue weighted by atomic mass is 79.9. The van der Waals surface area contributed by atoms with Crippen LogP contribution in [0, 0.1) is 5.82 Å². The average molecular weight is 357 g/mol. The molecule has 6 heteroatoms. The van der Waals surface area contributed by atoms with Gasteiger partial charge in [0.15, 0.2) is 0 Å². The van der Waals surface area contributed by atoms with Crippen molar-refractivity contribution in [1.82, 2.24) is 10.2 Å². The van der Waals surface area contributed by atoms with Gasteiger partial charge in [0.25, 0.3) is 5.91 Å². The summed E-state index contributed by atoms with van der Waals surface area (Å²) in [5.74, 6) is -0.704. The van der Waals surface area contributed by atoms with Gasteiger partial charge in [0.2, 0.25) is 0 Å². The fourth-order valence-corrected chi connectivity index (χ4v) is 3.20. The summed E-state index contributed by atoms with van der Waals surface area (Å²) in [6.07, 6.45) is 2.45. The van der Waals surface area contributed by atoms with Crippen molar-refractivity contribution in [3.63, 3.8) is 0 Å². The zero-order valence-electron chi connectivity index (χ0n) is 11.6. The molecule has 2 aliphatic heterocycles. The zero-order valence-corrected chi connectivity index (χ0v) is 13.2. The van der Waals surface area contributed by atoms with Gasteiger partial charge >= 0.3 is 0 Å². The molecule has 4 nitrogen and oxygen atoms in total. The Bertz CT molecular complexity index is 540. The lowest BCUT2D eigenvalue weighted by Gasteiger charge is -2.35. The Morgan fingerprint density at radius 3 is 3.19 bits per heavy atom. The first kappa shape index (κ1) is 14.9. The molecule has 1 amide bonds. The van der Waals surface area contributed by atoms with E-state index in [1.807, 2.05) is 0 Å². The lowest BCUT2D eigenvalue weighted by Crippen LogP contribution is -2.50. The summed E-state index contributed by atoms with van der Waals surface area (Å²) in [5, 5.41) is 2.82. The molecule has 0 aliphatic carbocycles. The van der Waals surface area contributed by atoms with Crippen molar-refractivity contribution in [2.24, 2.45) is 0 Å². The number of hydrogen-bond acceptors (Lipinski definition) is 3. The summed E-state index contributed by atoms with van der Waals surface area (Å²) in [6, 6.07) is 4.92. The highest BCUT2D eigenvalue weighted by Gasteiger charge is 2.32. The molecule has 3 rings (SSSR count). The zero-order chi connectivity index (χ0) is 14.8. The Morgan fingerprint density at radius 1 is 1.52 bits per heavy atom. The number of hydrogen-bond donors (Lipinski definition) is 1. The van der Waals surface area contributed by atoms with Gasteiger partial charge in [-0.25, -0.2) is 4.39 Å². The number of nitrogens with one attached hydrogen (secondary N) is 1. The van der Waals surface area contributed by atoms with Gasteiger partial charge in [-0.15, -0.1) is 0 Å². The highest BCUT2D eigenvalue weighted by molar-refractivity contribution is 9.10. The molecule has 0 aromatic heterocycles. The molecule has 2 saturated heterocycles. The Morgan fingerprint density at radius 2 is 2.38 bits per heavy atom. The van der Waals surface area contributed by atoms with E-state index in [4.69, 9.17) is 4.74 Å². The van der Waals surface area contributed by atoms with Crippen LogP contribution in [0.2, 0.25) is 0 Å². The summed E-state index contributed by atoms with van der Waals surface area (Å²) in [5.41, 5.74) is 0.325. The minimum atomic E-state index is -0.434. The molecule has 2 aliphatic rings. The van der Waals surface area contributed by atoms with Gasteiger partial charge in [-0.2, -0.15) is 0 Å². The van der Waals surface area contributed by atoms with Crippen LogP contribution in [0.1, 0.15) is 23.2 Å². The smallest absolute Gasteiger partial charge is 0.251 e. The number of amides is 1. The Kier molecular flexibility index (Phi) is 4.57. The summed E-state index contributed by atoms with van der Waals surface area (Å²) < 4.78 is 19.6. The minimum Gasteiger partial charge on any atom is -0.373 e. The van der Waals surface area contributed by atoms with Crippen molar-refractivity contribution in [2.75, 3.05) is 26.2 Å². The number of benzene rings is 1. The number of fused-ring (bicyclic) bond motifs is 1. The fourth-order valence-electron chi connectivity index (χ4n) is 2.96. The van der Waals surface area contributed by atoms with Crippen molar-refractivity contribution in [2.45, 2.75) is 25.0 Å². The Labute approximate surface area is 131 Å². The Hall–Kier alpha value is -0.980. The van der Waals surface area contributed by atoms with Crippen LogP contribution >= 0.6 is 15.9 Å². The standard InChI is InChI=1S/C15H18BrFN2O2/c16-13-4-3-10(6-14(13)17)15(20)18-7-12-8-19-5-1-2-11(19)9-21-12/h3-4,6,11-12H,1-2,5,7-9H2,(H,18,20). The lowest BCUT2D eigenvalue weighted by molar-refractivity contribution is -0.0461. The second-order valence-corrected chi connectivity index (χ2v) is 6.44. The molecule has 0 saturated carbocycles. The Balaban J connectivity index is 1.52. The van der Waals surface area contributed by atoms with Gasteiger partial charge < -0.3 is 10.1 Å². The first-order valence-electron chi connectivity index (χ1n) is 7.22. The summed E-state index contributed by atoms with van der Waals surface area (Å²) in [4.78, 5) is 14.4. The van der Waals surface area contributed by atoms with E-state index in [0.29, 0.717) is 22.6 Å². The third-order valence-corrected chi connectivity index (χ3v) is 4.78. The molecule has 21 heavy (non-hydrogen) atoms. The lowest BCUT2D eigenvalue weighted by atomic mass is 10.1. The van der Waals surface area contributed by atoms with Gasteiger partial charge in [0.1, 0.15) is 5.82 Å². The van der Waals surface area contributed by atoms with Gasteiger partial charge in [0, 0.05) is 24.7 Å². The molecular formula is C15H18BrFN2O2. The highest BCUT2D eigenvalue weighted by Crippen LogP contribution is 2.22. The van der Waals surface area contributed by atoms with E-state index in [1.165, 1.54) is 25.0 Å². The normalized spacial score (nSPS) is 25.6. The van der Waals surface area contributed by atoms with Crippen molar-refractivity contribution in [3.8, 4) is 0 Å². The van der Waals surface area contributed by atoms with E-state index in [0.717, 1.165) is 19.7 Å². The number of ether oxygens (including phenoxy) is 1. The fraction of sp³-hybridized carbons (Fsp3) is 0.533. The molecule has 1 aromatic carbocycles. The SMILES string of the molecule is O=C(NCC1CN2CCCC2CO1)c1ccc(Br)c(F)c1. The first-order chi connectivity index (χ1) is 10.1. The van der Waals surface area contributed by atoms with Crippen molar-refractivity contribution < 1.29 is 13.9 Å². The van der Waals surface area contributed by atoms with Crippen LogP contribution in [0.15, 0.2) is 22.7 Å². The van der Waals surface area contributed by atoms with Gasteiger partial charge in [-0.1, -0.05) is 0 Å². The largest absolute Gasteiger partial charge is 0.373 e. The van der Waals surface area contributed by atoms with Gasteiger partial charge in [-0.05, 0) is 53.5 Å². The van der Waals surface area contributed by atoms with Gasteiger partial charge in [0.05, 0.1) is 17.2 Å². The van der Waals surface area contributed by atoms with E-state index >= 15 is 0 Å². The summed E-state index contributed by atoms with van der Waals surface area (Å²) >= 11 is 3.07. The van der Waals surface area contributed by atoms with Crippen LogP contribution in [0.4, 0.5) is 4.39 Å². The molecule has 2 heterocycles. The van der Waals surface area contributed by atoms with E-state index in [1.54, 1.807) is 6.07 Å². The van der Waals surface area contributed by atoms with E-state index < -0.39 is 5.82 Å². The van der Waals surface area contributed by atoms with E-state index in [-0.39, 0.29) is 12.0 Å². The van der Waals surface area contributed by atoms with Crippen LogP contribution in [-0.4, -0.2) is 49.2 Å². The molecule has 2 fully saturated rings. The van der Waals surface area contributed by atoms with Crippen molar-refractivity contribution in [1.29, 1.82) is 0 Å². The molecular weight excluding hydrogens is 339 g/mol.